The Labute approximate surface area is 239 Å². The van der Waals surface area contributed by atoms with Crippen molar-refractivity contribution in [3.8, 4) is 28.0 Å². The van der Waals surface area contributed by atoms with Gasteiger partial charge in [-0.05, 0) is 78.8 Å². The molecule has 40 heavy (non-hydrogen) atoms. The van der Waals surface area contributed by atoms with Crippen LogP contribution in [0.1, 0.15) is 109 Å². The molecule has 1 fully saturated rings. The summed E-state index contributed by atoms with van der Waals surface area (Å²) >= 11 is 0. The van der Waals surface area contributed by atoms with Gasteiger partial charge in [0.1, 0.15) is 5.82 Å². The lowest BCUT2D eigenvalue weighted by molar-refractivity contribution is 0.285. The van der Waals surface area contributed by atoms with Crippen molar-refractivity contribution in [1.82, 2.24) is 0 Å². The van der Waals surface area contributed by atoms with Gasteiger partial charge in [0.2, 0.25) is 5.82 Å². The topological polar surface area (TPSA) is 9.23 Å². The van der Waals surface area contributed by atoms with Gasteiger partial charge in [0, 0.05) is 11.1 Å². The first kappa shape index (κ1) is 30.2. The second kappa shape index (κ2) is 15.3. The Bertz CT molecular complexity index is 1200. The summed E-state index contributed by atoms with van der Waals surface area (Å²) in [5.41, 5.74) is 3.03. The third-order valence-electron chi connectivity index (χ3n) is 8.57. The van der Waals surface area contributed by atoms with Gasteiger partial charge in [0.25, 0.3) is 0 Å². The quantitative estimate of drug-likeness (QED) is 0.181. The summed E-state index contributed by atoms with van der Waals surface area (Å²) in [6.45, 7) is 4.81. The van der Waals surface area contributed by atoms with E-state index < -0.39 is 11.6 Å². The highest BCUT2D eigenvalue weighted by molar-refractivity contribution is 5.71. The Balaban J connectivity index is 1.35. The second-order valence-electron chi connectivity index (χ2n) is 11.5. The Kier molecular flexibility index (Phi) is 11.6. The van der Waals surface area contributed by atoms with Crippen molar-refractivity contribution in [3.63, 3.8) is 0 Å². The summed E-state index contributed by atoms with van der Waals surface area (Å²) in [7, 11) is 0. The van der Waals surface area contributed by atoms with E-state index >= 15 is 4.39 Å². The molecule has 0 spiro atoms. The molecule has 0 saturated heterocycles. The normalized spacial score (nSPS) is 17.2. The third kappa shape index (κ3) is 7.92. The minimum atomic E-state index is -0.963. The lowest BCUT2D eigenvalue weighted by atomic mass is 9.77. The highest BCUT2D eigenvalue weighted by atomic mass is 19.2. The van der Waals surface area contributed by atoms with Crippen LogP contribution in [0.4, 0.5) is 13.2 Å². The van der Waals surface area contributed by atoms with E-state index in [2.05, 4.69) is 19.9 Å². The molecule has 0 unspecified atom stereocenters. The third-order valence-corrected chi connectivity index (χ3v) is 8.57. The van der Waals surface area contributed by atoms with Crippen molar-refractivity contribution in [3.05, 3.63) is 77.6 Å². The number of ether oxygens (including phenoxy) is 1. The summed E-state index contributed by atoms with van der Waals surface area (Å²) in [5.74, 6) is -0.922. The number of halogens is 3. The van der Waals surface area contributed by atoms with E-state index in [0.717, 1.165) is 49.1 Å². The fourth-order valence-corrected chi connectivity index (χ4v) is 6.15. The summed E-state index contributed by atoms with van der Waals surface area (Å²) in [4.78, 5) is 0. The molecule has 1 aliphatic carbocycles. The van der Waals surface area contributed by atoms with Crippen LogP contribution in [0.5, 0.6) is 5.75 Å². The van der Waals surface area contributed by atoms with E-state index in [1.165, 1.54) is 57.4 Å². The number of unbranched alkanes of at least 4 members (excludes halogenated alkanes) is 6. The standard InChI is InChI=1S/C36H45F3O/c1-3-5-6-7-8-9-10-24-40-34-23-22-32(35(38)36(34)39)29-18-16-28(17-19-29)31-21-20-30(25-33(31)37)27-14-12-26(11-4-2)13-15-27/h16-23,25-27H,3-15,24H2,1-2H3. The van der Waals surface area contributed by atoms with Crippen molar-refractivity contribution in [2.75, 3.05) is 6.61 Å². The lowest BCUT2D eigenvalue weighted by Crippen LogP contribution is -2.13. The van der Waals surface area contributed by atoms with Crippen LogP contribution in [0.25, 0.3) is 22.3 Å². The summed E-state index contributed by atoms with van der Waals surface area (Å²) in [5, 5.41) is 0. The monoisotopic (exact) mass is 550 g/mol. The zero-order valence-corrected chi connectivity index (χ0v) is 24.3. The molecule has 3 aromatic carbocycles. The fourth-order valence-electron chi connectivity index (χ4n) is 6.15. The van der Waals surface area contributed by atoms with Crippen molar-refractivity contribution >= 4 is 0 Å². The van der Waals surface area contributed by atoms with Gasteiger partial charge >= 0.3 is 0 Å². The van der Waals surface area contributed by atoms with Crippen LogP contribution in [-0.4, -0.2) is 6.61 Å². The zero-order valence-electron chi connectivity index (χ0n) is 24.3. The van der Waals surface area contributed by atoms with Crippen molar-refractivity contribution in [2.24, 2.45) is 5.92 Å². The van der Waals surface area contributed by atoms with Gasteiger partial charge in [0.15, 0.2) is 11.6 Å². The average Bonchev–Trinajstić information content (AvgIpc) is 2.97. The first-order valence-corrected chi connectivity index (χ1v) is 15.5. The van der Waals surface area contributed by atoms with E-state index in [4.69, 9.17) is 4.74 Å². The van der Waals surface area contributed by atoms with E-state index in [1.807, 2.05) is 6.07 Å². The van der Waals surface area contributed by atoms with Crippen LogP contribution >= 0.6 is 0 Å². The van der Waals surface area contributed by atoms with Gasteiger partial charge in [-0.15, -0.1) is 0 Å². The molecule has 4 rings (SSSR count). The fraction of sp³-hybridized carbons (Fsp3) is 0.500. The molecule has 1 saturated carbocycles. The number of hydrogen-bond donors (Lipinski definition) is 0. The molecule has 0 bridgehead atoms. The van der Waals surface area contributed by atoms with Crippen molar-refractivity contribution in [1.29, 1.82) is 0 Å². The molecule has 3 aromatic rings. The predicted molar refractivity (Wildman–Crippen MR) is 160 cm³/mol. The largest absolute Gasteiger partial charge is 0.490 e. The first-order valence-electron chi connectivity index (χ1n) is 15.5. The van der Waals surface area contributed by atoms with E-state index in [9.17, 15) is 8.78 Å². The zero-order chi connectivity index (χ0) is 28.3. The van der Waals surface area contributed by atoms with Gasteiger partial charge in [-0.2, -0.15) is 4.39 Å². The molecule has 1 nitrogen and oxygen atoms in total. The minimum absolute atomic E-state index is 0.0511. The van der Waals surface area contributed by atoms with Crippen LogP contribution in [-0.2, 0) is 0 Å². The van der Waals surface area contributed by atoms with E-state index in [1.54, 1.807) is 36.4 Å². The number of rotatable bonds is 14. The SMILES string of the molecule is CCCCCCCCCOc1ccc(-c2ccc(-c3ccc(C4CCC(CCC)CC4)cc3F)cc2)c(F)c1F. The molecule has 0 atom stereocenters. The van der Waals surface area contributed by atoms with Crippen molar-refractivity contribution in [2.45, 2.75) is 103 Å². The number of benzene rings is 3. The Morgan fingerprint density at radius 1 is 0.650 bits per heavy atom. The second-order valence-corrected chi connectivity index (χ2v) is 11.5. The van der Waals surface area contributed by atoms with Gasteiger partial charge in [0.05, 0.1) is 6.61 Å². The molecule has 1 aliphatic rings. The molecular weight excluding hydrogens is 505 g/mol. The maximum Gasteiger partial charge on any atom is 0.201 e. The highest BCUT2D eigenvalue weighted by Gasteiger charge is 2.23. The average molecular weight is 551 g/mol. The predicted octanol–water partition coefficient (Wildman–Crippen LogP) is 11.6. The van der Waals surface area contributed by atoms with Gasteiger partial charge in [-0.3, -0.25) is 0 Å². The maximum atomic E-state index is 15.2. The molecule has 0 aliphatic heterocycles. The summed E-state index contributed by atoms with van der Waals surface area (Å²) in [6, 6.07) is 15.6. The van der Waals surface area contributed by atoms with Crippen LogP contribution in [0.15, 0.2) is 54.6 Å². The van der Waals surface area contributed by atoms with E-state index in [-0.39, 0.29) is 17.1 Å². The lowest BCUT2D eigenvalue weighted by Gasteiger charge is -2.28. The molecule has 216 valence electrons. The van der Waals surface area contributed by atoms with Gasteiger partial charge in [-0.25, -0.2) is 8.78 Å². The highest BCUT2D eigenvalue weighted by Crippen LogP contribution is 2.39. The molecule has 0 aromatic heterocycles. The maximum absolute atomic E-state index is 15.2. The van der Waals surface area contributed by atoms with Crippen LogP contribution in [0, 0.1) is 23.4 Å². The van der Waals surface area contributed by atoms with Crippen LogP contribution < -0.4 is 4.74 Å². The van der Waals surface area contributed by atoms with Crippen LogP contribution in [0.2, 0.25) is 0 Å². The van der Waals surface area contributed by atoms with E-state index in [0.29, 0.717) is 23.7 Å². The minimum Gasteiger partial charge on any atom is -0.490 e. The molecule has 0 N–H and O–H groups in total. The number of hydrogen-bond acceptors (Lipinski definition) is 1. The summed E-state index contributed by atoms with van der Waals surface area (Å²) < 4.78 is 50.4. The summed E-state index contributed by atoms with van der Waals surface area (Å²) in [6.07, 6.45) is 15.2. The molecule has 0 radical (unpaired) electrons. The van der Waals surface area contributed by atoms with Gasteiger partial charge in [-0.1, -0.05) is 102 Å². The molecule has 0 heterocycles. The first-order chi connectivity index (χ1) is 19.5. The smallest absolute Gasteiger partial charge is 0.201 e. The molecule has 0 amide bonds. The molecule has 4 heteroatoms. The van der Waals surface area contributed by atoms with Crippen molar-refractivity contribution < 1.29 is 17.9 Å². The van der Waals surface area contributed by atoms with Crippen LogP contribution in [0.3, 0.4) is 0 Å². The van der Waals surface area contributed by atoms with Gasteiger partial charge < -0.3 is 4.74 Å². The Morgan fingerprint density at radius 3 is 1.93 bits per heavy atom. The Hall–Kier alpha value is -2.75. The molecular formula is C36H45F3O. The Morgan fingerprint density at radius 2 is 1.27 bits per heavy atom.